The van der Waals surface area contributed by atoms with Crippen LogP contribution in [-0.4, -0.2) is 27.2 Å². The molecule has 0 unspecified atom stereocenters. The van der Waals surface area contributed by atoms with Crippen molar-refractivity contribution in [2.45, 2.75) is 51.6 Å². The lowest BCUT2D eigenvalue weighted by atomic mass is 9.63. The summed E-state index contributed by atoms with van der Waals surface area (Å²) in [4.78, 5) is 12.4. The first-order chi connectivity index (χ1) is 9.36. The van der Waals surface area contributed by atoms with E-state index in [0.717, 1.165) is 18.4 Å². The molecule has 108 valence electrons. The standard InChI is InChI=1S/C16H20O4/c1-6-4-5-9-7(2)13(17)16(20)11-8(3)14(18)15(19)10(6)12(9)11/h6-7,9,13,17-19H,4-5H2,1-3H3/t6-,7+,9+,13-/m0/s1. The van der Waals surface area contributed by atoms with Crippen molar-refractivity contribution >= 4 is 5.78 Å². The average molecular weight is 276 g/mol. The number of hydrogen-bond donors (Lipinski definition) is 3. The number of phenols is 2. The van der Waals surface area contributed by atoms with Gasteiger partial charge in [0.1, 0.15) is 6.10 Å². The summed E-state index contributed by atoms with van der Waals surface area (Å²) in [7, 11) is 0. The quantitative estimate of drug-likeness (QED) is 0.636. The van der Waals surface area contributed by atoms with E-state index in [1.807, 2.05) is 13.8 Å². The Morgan fingerprint density at radius 1 is 1.05 bits per heavy atom. The number of carbonyl (C=O) groups is 1. The Labute approximate surface area is 118 Å². The average Bonchev–Trinajstić information content (AvgIpc) is 2.42. The van der Waals surface area contributed by atoms with E-state index in [0.29, 0.717) is 16.7 Å². The van der Waals surface area contributed by atoms with Crippen LogP contribution < -0.4 is 0 Å². The fourth-order valence-electron chi connectivity index (χ4n) is 3.94. The Hall–Kier alpha value is -1.55. The zero-order valence-electron chi connectivity index (χ0n) is 12.0. The van der Waals surface area contributed by atoms with E-state index >= 15 is 0 Å². The van der Waals surface area contributed by atoms with Crippen LogP contribution in [0.15, 0.2) is 0 Å². The van der Waals surface area contributed by atoms with Crippen molar-refractivity contribution in [1.29, 1.82) is 0 Å². The highest BCUT2D eigenvalue weighted by atomic mass is 16.3. The summed E-state index contributed by atoms with van der Waals surface area (Å²) in [5.74, 6) is -0.594. The van der Waals surface area contributed by atoms with E-state index in [1.165, 1.54) is 0 Å². The molecule has 0 saturated carbocycles. The molecule has 0 radical (unpaired) electrons. The van der Waals surface area contributed by atoms with Crippen molar-refractivity contribution in [3.8, 4) is 11.5 Å². The molecule has 4 atom stereocenters. The summed E-state index contributed by atoms with van der Waals surface area (Å²) in [6.07, 6.45) is 0.769. The maximum Gasteiger partial charge on any atom is 0.192 e. The van der Waals surface area contributed by atoms with Gasteiger partial charge in [0.15, 0.2) is 17.3 Å². The summed E-state index contributed by atoms with van der Waals surface area (Å²) in [6, 6.07) is 0. The number of Topliss-reactive ketones (excluding diaryl/α,β-unsaturated/α-hetero) is 1. The lowest BCUT2D eigenvalue weighted by molar-refractivity contribution is 0.0524. The minimum absolute atomic E-state index is 0.0779. The molecule has 0 fully saturated rings. The minimum atomic E-state index is -1.02. The first-order valence-electron chi connectivity index (χ1n) is 7.16. The number of aromatic hydroxyl groups is 2. The molecule has 20 heavy (non-hydrogen) atoms. The molecule has 3 rings (SSSR count). The number of ketones is 1. The van der Waals surface area contributed by atoms with Crippen LogP contribution in [0, 0.1) is 12.8 Å². The lowest BCUT2D eigenvalue weighted by Crippen LogP contribution is -2.40. The van der Waals surface area contributed by atoms with Gasteiger partial charge in [0.25, 0.3) is 0 Å². The summed E-state index contributed by atoms with van der Waals surface area (Å²) in [6.45, 7) is 5.51. The Morgan fingerprint density at radius 2 is 1.70 bits per heavy atom. The van der Waals surface area contributed by atoms with Crippen LogP contribution in [0.1, 0.15) is 65.6 Å². The van der Waals surface area contributed by atoms with Crippen LogP contribution in [0.5, 0.6) is 11.5 Å². The third-order valence-electron chi connectivity index (χ3n) is 5.19. The van der Waals surface area contributed by atoms with Gasteiger partial charge in [-0.2, -0.15) is 0 Å². The van der Waals surface area contributed by atoms with Crippen molar-refractivity contribution in [3.05, 3.63) is 22.3 Å². The minimum Gasteiger partial charge on any atom is -0.504 e. The summed E-state index contributed by atoms with van der Waals surface area (Å²) >= 11 is 0. The van der Waals surface area contributed by atoms with Gasteiger partial charge in [-0.1, -0.05) is 13.8 Å². The van der Waals surface area contributed by atoms with Crippen LogP contribution in [0.4, 0.5) is 0 Å². The topological polar surface area (TPSA) is 77.8 Å². The Balaban J connectivity index is 2.41. The first kappa shape index (κ1) is 13.4. The predicted molar refractivity (Wildman–Crippen MR) is 74.4 cm³/mol. The molecule has 0 heterocycles. The van der Waals surface area contributed by atoms with Gasteiger partial charge >= 0.3 is 0 Å². The molecule has 0 amide bonds. The molecule has 1 aromatic rings. The van der Waals surface area contributed by atoms with Gasteiger partial charge < -0.3 is 15.3 Å². The maximum absolute atomic E-state index is 12.4. The third kappa shape index (κ3) is 1.48. The second kappa shape index (κ2) is 4.22. The monoisotopic (exact) mass is 276 g/mol. The van der Waals surface area contributed by atoms with Crippen LogP contribution in [-0.2, 0) is 0 Å². The Kier molecular flexibility index (Phi) is 2.83. The van der Waals surface area contributed by atoms with E-state index in [9.17, 15) is 20.1 Å². The highest BCUT2D eigenvalue weighted by Crippen LogP contribution is 2.54. The number of aliphatic hydroxyl groups is 1. The Bertz CT molecular complexity index is 605. The SMILES string of the molecule is Cc1c(O)c(O)c2c3c1C(=O)[C@@H](O)[C@H](C)[C@H]3CC[C@@H]2C. The largest absolute Gasteiger partial charge is 0.504 e. The van der Waals surface area contributed by atoms with E-state index in [1.54, 1.807) is 6.92 Å². The molecular weight excluding hydrogens is 256 g/mol. The van der Waals surface area contributed by atoms with Gasteiger partial charge in [-0.3, -0.25) is 4.79 Å². The van der Waals surface area contributed by atoms with Gasteiger partial charge in [0.05, 0.1) is 0 Å². The van der Waals surface area contributed by atoms with Crippen LogP contribution in [0.3, 0.4) is 0 Å². The molecule has 0 aromatic heterocycles. The number of carbonyl (C=O) groups excluding carboxylic acids is 1. The highest BCUT2D eigenvalue weighted by molar-refractivity contribution is 6.05. The van der Waals surface area contributed by atoms with Crippen LogP contribution >= 0.6 is 0 Å². The Morgan fingerprint density at radius 3 is 2.35 bits per heavy atom. The van der Waals surface area contributed by atoms with Crippen molar-refractivity contribution in [2.75, 3.05) is 0 Å². The number of hydrogen-bond acceptors (Lipinski definition) is 4. The number of rotatable bonds is 0. The van der Waals surface area contributed by atoms with E-state index in [4.69, 9.17) is 0 Å². The second-order valence-corrected chi connectivity index (χ2v) is 6.28. The molecule has 0 aliphatic heterocycles. The van der Waals surface area contributed by atoms with Crippen molar-refractivity contribution in [1.82, 2.24) is 0 Å². The number of phenolic OH excluding ortho intramolecular Hbond substituents is 2. The molecule has 1 aromatic carbocycles. The van der Waals surface area contributed by atoms with Gasteiger partial charge in [-0.05, 0) is 43.1 Å². The van der Waals surface area contributed by atoms with Gasteiger partial charge in [0.2, 0.25) is 0 Å². The van der Waals surface area contributed by atoms with Crippen LogP contribution in [0.2, 0.25) is 0 Å². The molecule has 4 heteroatoms. The van der Waals surface area contributed by atoms with Crippen molar-refractivity contribution in [2.24, 2.45) is 5.92 Å². The lowest BCUT2D eigenvalue weighted by Gasteiger charge is -2.41. The van der Waals surface area contributed by atoms with Crippen molar-refractivity contribution in [3.63, 3.8) is 0 Å². The van der Waals surface area contributed by atoms with E-state index in [2.05, 4.69) is 0 Å². The normalized spacial score (nSPS) is 32.1. The van der Waals surface area contributed by atoms with Gasteiger partial charge in [0, 0.05) is 16.7 Å². The van der Waals surface area contributed by atoms with E-state index in [-0.39, 0.29) is 35.0 Å². The van der Waals surface area contributed by atoms with Gasteiger partial charge in [-0.15, -0.1) is 0 Å². The first-order valence-corrected chi connectivity index (χ1v) is 7.16. The van der Waals surface area contributed by atoms with Gasteiger partial charge in [-0.25, -0.2) is 0 Å². The molecule has 2 aliphatic carbocycles. The zero-order chi connectivity index (χ0) is 14.8. The summed E-state index contributed by atoms with van der Waals surface area (Å²) in [5, 5.41) is 30.5. The summed E-state index contributed by atoms with van der Waals surface area (Å²) < 4.78 is 0. The fraction of sp³-hybridized carbons (Fsp3) is 0.562. The molecule has 4 nitrogen and oxygen atoms in total. The molecule has 0 saturated heterocycles. The fourth-order valence-corrected chi connectivity index (χ4v) is 3.94. The third-order valence-corrected chi connectivity index (χ3v) is 5.19. The van der Waals surface area contributed by atoms with Crippen LogP contribution in [0.25, 0.3) is 0 Å². The molecular formula is C16H20O4. The molecule has 3 N–H and O–H groups in total. The smallest absolute Gasteiger partial charge is 0.192 e. The van der Waals surface area contributed by atoms with Crippen molar-refractivity contribution < 1.29 is 20.1 Å². The molecule has 2 aliphatic rings. The molecule has 0 bridgehead atoms. The second-order valence-electron chi connectivity index (χ2n) is 6.28. The number of aliphatic hydroxyl groups excluding tert-OH is 1. The van der Waals surface area contributed by atoms with E-state index < -0.39 is 6.10 Å². The highest BCUT2D eigenvalue weighted by Gasteiger charge is 2.45. The molecule has 0 spiro atoms. The zero-order valence-corrected chi connectivity index (χ0v) is 12.0. The maximum atomic E-state index is 12.4. The number of benzene rings is 1. The summed E-state index contributed by atoms with van der Waals surface area (Å²) in [5.41, 5.74) is 2.37. The predicted octanol–water partition coefficient (Wildman–Crippen LogP) is 2.58.